The Morgan fingerprint density at radius 3 is 2.75 bits per heavy atom. The zero-order valence-corrected chi connectivity index (χ0v) is 11.9. The molecule has 2 aromatic rings. The molecule has 1 unspecified atom stereocenters. The van der Waals surface area contributed by atoms with Crippen LogP contribution < -0.4 is 10.6 Å². The summed E-state index contributed by atoms with van der Waals surface area (Å²) < 4.78 is 0.960. The zero-order chi connectivity index (χ0) is 14.7. The van der Waals surface area contributed by atoms with E-state index in [0.29, 0.717) is 5.69 Å². The third-order valence-electron chi connectivity index (χ3n) is 2.81. The fourth-order valence-electron chi connectivity index (χ4n) is 1.75. The highest BCUT2D eigenvalue weighted by Gasteiger charge is 2.23. The van der Waals surface area contributed by atoms with Crippen LogP contribution in [0.4, 0.5) is 10.5 Å². The summed E-state index contributed by atoms with van der Waals surface area (Å²) in [5.74, 6) is -1.24. The number of aliphatic carboxylic acids is 1. The van der Waals surface area contributed by atoms with Crippen molar-refractivity contribution >= 4 is 39.2 Å². The Hall–Kier alpha value is -2.15. The first-order valence-corrected chi connectivity index (χ1v) is 6.99. The number of urea groups is 1. The van der Waals surface area contributed by atoms with Gasteiger partial charge in [-0.3, -0.25) is 0 Å². The number of carboxylic acid groups (broad SMARTS) is 1. The first kappa shape index (κ1) is 14.3. The fourth-order valence-corrected chi connectivity index (χ4v) is 2.47. The lowest BCUT2D eigenvalue weighted by Crippen LogP contribution is -2.46. The maximum absolute atomic E-state index is 11.8. The van der Waals surface area contributed by atoms with E-state index in [0.717, 1.165) is 10.2 Å². The van der Waals surface area contributed by atoms with Gasteiger partial charge in [0.1, 0.15) is 6.04 Å². The van der Waals surface area contributed by atoms with Crippen LogP contribution in [0, 0.1) is 5.92 Å². The molecule has 1 aromatic carbocycles. The van der Waals surface area contributed by atoms with Gasteiger partial charge in [0.05, 0.1) is 15.7 Å². The summed E-state index contributed by atoms with van der Waals surface area (Å²) >= 11 is 1.48. The van der Waals surface area contributed by atoms with E-state index < -0.39 is 18.0 Å². The molecule has 0 bridgehead atoms. The molecule has 20 heavy (non-hydrogen) atoms. The van der Waals surface area contributed by atoms with Crippen molar-refractivity contribution in [3.05, 3.63) is 23.7 Å². The molecule has 2 rings (SSSR count). The Balaban J connectivity index is 2.05. The lowest BCUT2D eigenvalue weighted by molar-refractivity contribution is -0.140. The van der Waals surface area contributed by atoms with Crippen LogP contribution in [0.25, 0.3) is 10.2 Å². The molecule has 2 amide bonds. The predicted molar refractivity (Wildman–Crippen MR) is 78.0 cm³/mol. The van der Waals surface area contributed by atoms with E-state index in [1.165, 1.54) is 11.3 Å². The summed E-state index contributed by atoms with van der Waals surface area (Å²) in [5.41, 5.74) is 3.20. The quantitative estimate of drug-likeness (QED) is 0.807. The van der Waals surface area contributed by atoms with Crippen molar-refractivity contribution in [1.82, 2.24) is 10.3 Å². The SMILES string of the molecule is CC(C)C(NC(=O)Nc1ccc2ncsc2c1)C(=O)O. The normalized spacial score (nSPS) is 12.3. The number of thiazole rings is 1. The van der Waals surface area contributed by atoms with Gasteiger partial charge in [-0.1, -0.05) is 13.8 Å². The number of carbonyl (C=O) groups excluding carboxylic acids is 1. The molecule has 1 aromatic heterocycles. The topological polar surface area (TPSA) is 91.3 Å². The van der Waals surface area contributed by atoms with E-state index in [2.05, 4.69) is 15.6 Å². The molecule has 0 aliphatic carbocycles. The van der Waals surface area contributed by atoms with E-state index >= 15 is 0 Å². The number of hydrogen-bond donors (Lipinski definition) is 3. The Morgan fingerprint density at radius 2 is 2.10 bits per heavy atom. The second-order valence-corrected chi connectivity index (χ2v) is 5.58. The summed E-state index contributed by atoms with van der Waals surface area (Å²) in [7, 11) is 0. The summed E-state index contributed by atoms with van der Waals surface area (Å²) in [5, 5.41) is 14.1. The summed E-state index contributed by atoms with van der Waals surface area (Å²) in [6, 6.07) is 3.89. The molecule has 3 N–H and O–H groups in total. The number of anilines is 1. The predicted octanol–water partition coefficient (Wildman–Crippen LogP) is 2.53. The molecule has 0 saturated carbocycles. The van der Waals surface area contributed by atoms with Crippen LogP contribution in [-0.4, -0.2) is 28.1 Å². The molecule has 0 saturated heterocycles. The van der Waals surface area contributed by atoms with Gasteiger partial charge in [-0.15, -0.1) is 11.3 Å². The molecule has 0 aliphatic rings. The number of aromatic nitrogens is 1. The minimum atomic E-state index is -1.05. The van der Waals surface area contributed by atoms with E-state index in [4.69, 9.17) is 5.11 Å². The average molecular weight is 293 g/mol. The van der Waals surface area contributed by atoms with Crippen LogP contribution in [0.1, 0.15) is 13.8 Å². The Morgan fingerprint density at radius 1 is 1.35 bits per heavy atom. The van der Waals surface area contributed by atoms with Gasteiger partial charge in [0.15, 0.2) is 0 Å². The number of fused-ring (bicyclic) bond motifs is 1. The van der Waals surface area contributed by atoms with E-state index in [1.54, 1.807) is 37.6 Å². The summed E-state index contributed by atoms with van der Waals surface area (Å²) in [4.78, 5) is 27.0. The van der Waals surface area contributed by atoms with Crippen molar-refractivity contribution in [1.29, 1.82) is 0 Å². The highest BCUT2D eigenvalue weighted by Crippen LogP contribution is 2.21. The molecule has 106 valence electrons. The monoisotopic (exact) mass is 293 g/mol. The number of carbonyl (C=O) groups is 2. The molecule has 0 spiro atoms. The highest BCUT2D eigenvalue weighted by molar-refractivity contribution is 7.16. The molecule has 7 heteroatoms. The van der Waals surface area contributed by atoms with Gasteiger partial charge in [0, 0.05) is 5.69 Å². The van der Waals surface area contributed by atoms with Crippen LogP contribution in [0.2, 0.25) is 0 Å². The molecule has 0 fully saturated rings. The van der Waals surface area contributed by atoms with Gasteiger partial charge in [-0.2, -0.15) is 0 Å². The van der Waals surface area contributed by atoms with Gasteiger partial charge >= 0.3 is 12.0 Å². The first-order valence-electron chi connectivity index (χ1n) is 6.11. The smallest absolute Gasteiger partial charge is 0.326 e. The van der Waals surface area contributed by atoms with Crippen molar-refractivity contribution in [3.63, 3.8) is 0 Å². The number of benzene rings is 1. The van der Waals surface area contributed by atoms with Crippen LogP contribution in [-0.2, 0) is 4.79 Å². The maximum atomic E-state index is 11.8. The molecular weight excluding hydrogens is 278 g/mol. The van der Waals surface area contributed by atoms with Crippen LogP contribution in [0.5, 0.6) is 0 Å². The number of nitrogens with one attached hydrogen (secondary N) is 2. The average Bonchev–Trinajstić information content (AvgIpc) is 2.82. The standard InChI is InChI=1S/C13H15N3O3S/c1-7(2)11(12(17)18)16-13(19)15-8-3-4-9-10(5-8)20-6-14-9/h3-7,11H,1-2H3,(H,17,18)(H2,15,16,19). The van der Waals surface area contributed by atoms with Crippen molar-refractivity contribution in [2.24, 2.45) is 5.92 Å². The lowest BCUT2D eigenvalue weighted by Gasteiger charge is -2.18. The van der Waals surface area contributed by atoms with Crippen LogP contribution >= 0.6 is 11.3 Å². The Kier molecular flexibility index (Phi) is 4.19. The fraction of sp³-hybridized carbons (Fsp3) is 0.308. The second kappa shape index (κ2) is 5.87. The van der Waals surface area contributed by atoms with E-state index in [-0.39, 0.29) is 5.92 Å². The second-order valence-electron chi connectivity index (χ2n) is 4.69. The van der Waals surface area contributed by atoms with Crippen molar-refractivity contribution in [2.45, 2.75) is 19.9 Å². The van der Waals surface area contributed by atoms with Crippen molar-refractivity contribution in [2.75, 3.05) is 5.32 Å². The van der Waals surface area contributed by atoms with Crippen molar-refractivity contribution in [3.8, 4) is 0 Å². The van der Waals surface area contributed by atoms with Crippen molar-refractivity contribution < 1.29 is 14.7 Å². The Labute approximate surface area is 119 Å². The van der Waals surface area contributed by atoms with Gasteiger partial charge in [0.25, 0.3) is 0 Å². The molecular formula is C13H15N3O3S. The molecule has 0 radical (unpaired) electrons. The van der Waals surface area contributed by atoms with Gasteiger partial charge in [-0.25, -0.2) is 14.6 Å². The number of nitrogens with zero attached hydrogens (tertiary/aromatic N) is 1. The Bertz CT molecular complexity index is 639. The molecule has 1 atom stereocenters. The third kappa shape index (κ3) is 3.24. The number of amides is 2. The van der Waals surface area contributed by atoms with E-state index in [1.807, 2.05) is 0 Å². The van der Waals surface area contributed by atoms with Gasteiger partial charge in [0.2, 0.25) is 0 Å². The minimum absolute atomic E-state index is 0.192. The first-order chi connectivity index (χ1) is 9.47. The molecule has 1 heterocycles. The van der Waals surface area contributed by atoms with Crippen LogP contribution in [0.3, 0.4) is 0 Å². The highest BCUT2D eigenvalue weighted by atomic mass is 32.1. The summed E-state index contributed by atoms with van der Waals surface area (Å²) in [6.07, 6.45) is 0. The number of carboxylic acids is 1. The van der Waals surface area contributed by atoms with Gasteiger partial charge < -0.3 is 15.7 Å². The number of hydrogen-bond acceptors (Lipinski definition) is 4. The maximum Gasteiger partial charge on any atom is 0.326 e. The largest absolute Gasteiger partial charge is 0.480 e. The minimum Gasteiger partial charge on any atom is -0.480 e. The third-order valence-corrected chi connectivity index (χ3v) is 3.60. The molecule has 6 nitrogen and oxygen atoms in total. The van der Waals surface area contributed by atoms with Gasteiger partial charge in [-0.05, 0) is 24.1 Å². The lowest BCUT2D eigenvalue weighted by atomic mass is 10.1. The van der Waals surface area contributed by atoms with Crippen LogP contribution in [0.15, 0.2) is 23.7 Å². The molecule has 0 aliphatic heterocycles. The zero-order valence-electron chi connectivity index (χ0n) is 11.1. The summed E-state index contributed by atoms with van der Waals surface area (Å²) in [6.45, 7) is 3.48. The number of rotatable bonds is 4. The van der Waals surface area contributed by atoms with E-state index in [9.17, 15) is 9.59 Å².